The van der Waals surface area contributed by atoms with E-state index in [1.807, 2.05) is 6.07 Å². The minimum Gasteiger partial charge on any atom is -0.493 e. The SMILES string of the molecule is COc1cc2[nH]c(=O)c(CN3CCC[C@@H](N(C)C)CC3)cc2c(OC)c1OC. The van der Waals surface area contributed by atoms with Crippen molar-refractivity contribution < 1.29 is 14.2 Å². The Labute approximate surface area is 166 Å². The summed E-state index contributed by atoms with van der Waals surface area (Å²) in [5, 5.41) is 0.815. The summed E-state index contributed by atoms with van der Waals surface area (Å²) in [6.45, 7) is 2.62. The molecule has 0 spiro atoms. The normalized spacial score (nSPS) is 18.3. The molecule has 0 saturated carbocycles. The highest BCUT2D eigenvalue weighted by molar-refractivity contribution is 5.90. The molecular weight excluding hydrogens is 358 g/mol. The average molecular weight is 389 g/mol. The van der Waals surface area contributed by atoms with Crippen LogP contribution in [0.25, 0.3) is 10.9 Å². The largest absolute Gasteiger partial charge is 0.493 e. The van der Waals surface area contributed by atoms with Gasteiger partial charge in [-0.1, -0.05) is 0 Å². The Morgan fingerprint density at radius 3 is 2.46 bits per heavy atom. The molecule has 1 aromatic heterocycles. The second kappa shape index (κ2) is 8.84. The maximum atomic E-state index is 12.7. The zero-order valence-electron chi connectivity index (χ0n) is 17.5. The van der Waals surface area contributed by atoms with Gasteiger partial charge in [-0.3, -0.25) is 9.69 Å². The molecule has 0 aliphatic carbocycles. The van der Waals surface area contributed by atoms with Gasteiger partial charge in [-0.05, 0) is 52.5 Å². The highest BCUT2D eigenvalue weighted by Gasteiger charge is 2.21. The number of rotatable bonds is 6. The van der Waals surface area contributed by atoms with Crippen LogP contribution < -0.4 is 19.8 Å². The van der Waals surface area contributed by atoms with Crippen molar-refractivity contribution in [3.05, 3.63) is 28.0 Å². The van der Waals surface area contributed by atoms with Gasteiger partial charge >= 0.3 is 0 Å². The van der Waals surface area contributed by atoms with Crippen LogP contribution in [0, 0.1) is 0 Å². The lowest BCUT2D eigenvalue weighted by atomic mass is 10.1. The van der Waals surface area contributed by atoms with Gasteiger partial charge in [-0.25, -0.2) is 0 Å². The van der Waals surface area contributed by atoms with E-state index in [9.17, 15) is 4.79 Å². The number of hydrogen-bond donors (Lipinski definition) is 1. The van der Waals surface area contributed by atoms with Gasteiger partial charge in [0.15, 0.2) is 11.5 Å². The Bertz CT molecular complexity index is 878. The predicted molar refractivity (Wildman–Crippen MR) is 111 cm³/mol. The summed E-state index contributed by atoms with van der Waals surface area (Å²) in [6, 6.07) is 4.30. The van der Waals surface area contributed by atoms with E-state index in [-0.39, 0.29) is 5.56 Å². The monoisotopic (exact) mass is 389 g/mol. The van der Waals surface area contributed by atoms with Crippen LogP contribution >= 0.6 is 0 Å². The first-order chi connectivity index (χ1) is 13.5. The fraction of sp³-hybridized carbons (Fsp3) is 0.571. The second-order valence-corrected chi connectivity index (χ2v) is 7.55. The number of hydrogen-bond acceptors (Lipinski definition) is 6. The van der Waals surface area contributed by atoms with Crippen molar-refractivity contribution in [1.82, 2.24) is 14.8 Å². The summed E-state index contributed by atoms with van der Waals surface area (Å²) in [5.74, 6) is 1.62. The molecule has 0 unspecified atom stereocenters. The van der Waals surface area contributed by atoms with Gasteiger partial charge in [0.25, 0.3) is 5.56 Å². The summed E-state index contributed by atoms with van der Waals surface area (Å²) >= 11 is 0. The van der Waals surface area contributed by atoms with E-state index < -0.39 is 0 Å². The van der Waals surface area contributed by atoms with Gasteiger partial charge in [0.2, 0.25) is 5.75 Å². The lowest BCUT2D eigenvalue weighted by molar-refractivity contribution is 0.245. The molecule has 1 N–H and O–H groups in total. The van der Waals surface area contributed by atoms with Crippen molar-refractivity contribution in [2.24, 2.45) is 0 Å². The third-order valence-corrected chi connectivity index (χ3v) is 5.64. The van der Waals surface area contributed by atoms with Crippen LogP contribution in [0.1, 0.15) is 24.8 Å². The molecule has 7 nitrogen and oxygen atoms in total. The highest BCUT2D eigenvalue weighted by atomic mass is 16.5. The van der Waals surface area contributed by atoms with Gasteiger partial charge in [-0.2, -0.15) is 0 Å². The van der Waals surface area contributed by atoms with E-state index in [4.69, 9.17) is 14.2 Å². The van der Waals surface area contributed by atoms with Gasteiger partial charge in [-0.15, -0.1) is 0 Å². The zero-order chi connectivity index (χ0) is 20.3. The van der Waals surface area contributed by atoms with Gasteiger partial charge in [0, 0.05) is 29.6 Å². The molecule has 1 aromatic carbocycles. The number of nitrogens with zero attached hydrogens (tertiary/aromatic N) is 2. The Balaban J connectivity index is 1.94. The molecule has 0 radical (unpaired) electrons. The molecule has 1 aliphatic heterocycles. The van der Waals surface area contributed by atoms with E-state index in [1.54, 1.807) is 27.4 Å². The number of aromatic nitrogens is 1. The average Bonchev–Trinajstić information content (AvgIpc) is 2.92. The third-order valence-electron chi connectivity index (χ3n) is 5.64. The third kappa shape index (κ3) is 4.10. The van der Waals surface area contributed by atoms with Gasteiger partial charge in [0.1, 0.15) is 0 Å². The lowest BCUT2D eigenvalue weighted by Crippen LogP contribution is -2.31. The Morgan fingerprint density at radius 1 is 1.07 bits per heavy atom. The van der Waals surface area contributed by atoms with E-state index in [0.29, 0.717) is 35.4 Å². The maximum absolute atomic E-state index is 12.7. The second-order valence-electron chi connectivity index (χ2n) is 7.55. The fourth-order valence-corrected chi connectivity index (χ4v) is 4.04. The molecule has 2 aromatic rings. The Kier molecular flexibility index (Phi) is 6.46. The number of pyridine rings is 1. The topological polar surface area (TPSA) is 67.0 Å². The van der Waals surface area contributed by atoms with Crippen molar-refractivity contribution in [1.29, 1.82) is 0 Å². The molecule has 7 heteroatoms. The lowest BCUT2D eigenvalue weighted by Gasteiger charge is -2.23. The molecule has 28 heavy (non-hydrogen) atoms. The van der Waals surface area contributed by atoms with Crippen LogP contribution in [0.5, 0.6) is 17.2 Å². The van der Waals surface area contributed by atoms with Gasteiger partial charge in [0.05, 0.1) is 26.8 Å². The molecule has 1 aliphatic rings. The Hall–Kier alpha value is -2.25. The van der Waals surface area contributed by atoms with Crippen LogP contribution in [-0.2, 0) is 6.54 Å². The molecule has 1 atom stereocenters. The smallest absolute Gasteiger partial charge is 0.252 e. The van der Waals surface area contributed by atoms with Crippen LogP contribution in [-0.4, -0.2) is 69.3 Å². The molecular formula is C21H31N3O4. The van der Waals surface area contributed by atoms with Gasteiger partial charge < -0.3 is 24.1 Å². The van der Waals surface area contributed by atoms with Crippen molar-refractivity contribution in [3.8, 4) is 17.2 Å². The minimum absolute atomic E-state index is 0.0739. The molecule has 2 heterocycles. The van der Waals surface area contributed by atoms with Crippen LogP contribution in [0.4, 0.5) is 0 Å². The van der Waals surface area contributed by atoms with E-state index in [1.165, 1.54) is 6.42 Å². The quantitative estimate of drug-likeness (QED) is 0.819. The minimum atomic E-state index is -0.0739. The van der Waals surface area contributed by atoms with E-state index in [2.05, 4.69) is 28.9 Å². The van der Waals surface area contributed by atoms with Crippen molar-refractivity contribution in [3.63, 3.8) is 0 Å². The fourth-order valence-electron chi connectivity index (χ4n) is 4.04. The summed E-state index contributed by atoms with van der Waals surface area (Å²) in [5.41, 5.74) is 1.34. The van der Waals surface area contributed by atoms with Crippen molar-refractivity contribution >= 4 is 10.9 Å². The number of fused-ring (bicyclic) bond motifs is 1. The maximum Gasteiger partial charge on any atom is 0.252 e. The number of benzene rings is 1. The van der Waals surface area contributed by atoms with Crippen molar-refractivity contribution in [2.45, 2.75) is 31.8 Å². The predicted octanol–water partition coefficient (Wildman–Crippen LogP) is 2.47. The molecule has 3 rings (SSSR count). The summed E-state index contributed by atoms with van der Waals surface area (Å²) in [4.78, 5) is 20.4. The number of likely N-dealkylation sites (tertiary alicyclic amines) is 1. The summed E-state index contributed by atoms with van der Waals surface area (Å²) in [6.07, 6.45) is 3.46. The van der Waals surface area contributed by atoms with Crippen LogP contribution in [0.3, 0.4) is 0 Å². The zero-order valence-corrected chi connectivity index (χ0v) is 17.5. The van der Waals surface area contributed by atoms with E-state index in [0.717, 1.165) is 36.9 Å². The molecule has 0 amide bonds. The van der Waals surface area contributed by atoms with Crippen molar-refractivity contribution in [2.75, 3.05) is 48.5 Å². The number of H-pyrrole nitrogens is 1. The highest BCUT2D eigenvalue weighted by Crippen LogP contribution is 2.42. The van der Waals surface area contributed by atoms with Crippen LogP contribution in [0.2, 0.25) is 0 Å². The number of nitrogens with one attached hydrogen (secondary N) is 1. The van der Waals surface area contributed by atoms with E-state index >= 15 is 0 Å². The number of methoxy groups -OCH3 is 3. The molecule has 154 valence electrons. The standard InChI is InChI=1S/C21H31N3O4/c1-23(2)15-7-6-9-24(10-8-15)13-14-11-16-17(22-21(14)25)12-18(26-3)20(28-5)19(16)27-4/h11-12,15H,6-10,13H2,1-5H3,(H,22,25)/t15-/m1/s1. The first-order valence-corrected chi connectivity index (χ1v) is 9.72. The Morgan fingerprint density at radius 2 is 1.82 bits per heavy atom. The molecule has 0 bridgehead atoms. The first kappa shape index (κ1) is 20.5. The number of aromatic amines is 1. The molecule has 1 saturated heterocycles. The number of ether oxygens (including phenoxy) is 3. The summed E-state index contributed by atoms with van der Waals surface area (Å²) < 4.78 is 16.5. The summed E-state index contributed by atoms with van der Waals surface area (Å²) in [7, 11) is 9.02. The molecule has 1 fully saturated rings. The first-order valence-electron chi connectivity index (χ1n) is 9.72. The van der Waals surface area contributed by atoms with Crippen LogP contribution in [0.15, 0.2) is 16.9 Å².